The van der Waals surface area contributed by atoms with Crippen molar-refractivity contribution in [3.8, 4) is 0 Å². The van der Waals surface area contributed by atoms with E-state index in [4.69, 9.17) is 5.73 Å². The van der Waals surface area contributed by atoms with Crippen LogP contribution in [0.2, 0.25) is 0 Å². The second-order valence-electron chi connectivity index (χ2n) is 7.47. The zero-order valence-electron chi connectivity index (χ0n) is 14.4. The van der Waals surface area contributed by atoms with E-state index in [0.717, 1.165) is 50.9 Å². The Labute approximate surface area is 144 Å². The van der Waals surface area contributed by atoms with E-state index < -0.39 is 0 Å². The molecule has 2 N–H and O–H groups in total. The molecule has 1 amide bonds. The predicted octanol–water partition coefficient (Wildman–Crippen LogP) is 1.79. The fraction of sp³-hybridized carbons (Fsp3) is 0.632. The van der Waals surface area contributed by atoms with Gasteiger partial charge in [0.1, 0.15) is 0 Å². The molecule has 1 unspecified atom stereocenters. The number of rotatable bonds is 3. The highest BCUT2D eigenvalue weighted by Gasteiger charge is 2.36. The number of carbonyl (C=O) groups excluding carboxylic acids is 1. The van der Waals surface area contributed by atoms with E-state index in [9.17, 15) is 4.79 Å². The first kappa shape index (κ1) is 15.8. The molecule has 1 atom stereocenters. The second-order valence-corrected chi connectivity index (χ2v) is 7.47. The van der Waals surface area contributed by atoms with Crippen LogP contribution in [-0.2, 0) is 4.79 Å². The van der Waals surface area contributed by atoms with E-state index >= 15 is 0 Å². The molecule has 1 aliphatic carbocycles. The van der Waals surface area contributed by atoms with Crippen molar-refractivity contribution in [1.82, 2.24) is 9.80 Å². The maximum absolute atomic E-state index is 12.9. The smallest absolute Gasteiger partial charge is 0.227 e. The van der Waals surface area contributed by atoms with Crippen molar-refractivity contribution in [3.63, 3.8) is 0 Å². The first-order valence-corrected chi connectivity index (χ1v) is 9.34. The van der Waals surface area contributed by atoms with Gasteiger partial charge < -0.3 is 15.5 Å². The van der Waals surface area contributed by atoms with Crippen molar-refractivity contribution in [2.45, 2.75) is 31.7 Å². The van der Waals surface area contributed by atoms with Gasteiger partial charge in [-0.1, -0.05) is 0 Å². The molecule has 2 aliphatic heterocycles. The highest BCUT2D eigenvalue weighted by atomic mass is 16.2. The normalized spacial score (nSPS) is 25.8. The average molecular weight is 328 g/mol. The number of piperidine rings is 1. The minimum Gasteiger partial charge on any atom is -0.399 e. The van der Waals surface area contributed by atoms with Crippen molar-refractivity contribution >= 4 is 17.3 Å². The maximum Gasteiger partial charge on any atom is 0.227 e. The van der Waals surface area contributed by atoms with Crippen molar-refractivity contribution in [2.75, 3.05) is 49.9 Å². The summed E-state index contributed by atoms with van der Waals surface area (Å²) in [6.07, 6.45) is 4.92. The van der Waals surface area contributed by atoms with Crippen LogP contribution in [0.5, 0.6) is 0 Å². The Kier molecular flexibility index (Phi) is 4.35. The van der Waals surface area contributed by atoms with Gasteiger partial charge in [-0.05, 0) is 56.5 Å². The maximum atomic E-state index is 12.9. The SMILES string of the molecule is Nc1ccc(N2CCN(C(=O)C3CCCN(C4CC4)C3)CC2)cc1. The summed E-state index contributed by atoms with van der Waals surface area (Å²) in [6, 6.07) is 8.81. The van der Waals surface area contributed by atoms with Crippen LogP contribution in [0.15, 0.2) is 24.3 Å². The molecule has 24 heavy (non-hydrogen) atoms. The Morgan fingerprint density at radius 1 is 0.958 bits per heavy atom. The topological polar surface area (TPSA) is 52.8 Å². The van der Waals surface area contributed by atoms with Crippen molar-refractivity contribution in [2.24, 2.45) is 5.92 Å². The molecule has 1 aromatic carbocycles. The Morgan fingerprint density at radius 2 is 1.67 bits per heavy atom. The number of nitrogen functional groups attached to an aromatic ring is 1. The Balaban J connectivity index is 1.31. The van der Waals surface area contributed by atoms with Crippen LogP contribution < -0.4 is 10.6 Å². The highest BCUT2D eigenvalue weighted by molar-refractivity contribution is 5.79. The Morgan fingerprint density at radius 3 is 2.33 bits per heavy atom. The van der Waals surface area contributed by atoms with Gasteiger partial charge in [0, 0.05) is 50.1 Å². The van der Waals surface area contributed by atoms with Gasteiger partial charge in [0.25, 0.3) is 0 Å². The molecule has 5 nitrogen and oxygen atoms in total. The van der Waals surface area contributed by atoms with E-state index in [-0.39, 0.29) is 5.92 Å². The van der Waals surface area contributed by atoms with Crippen LogP contribution in [0, 0.1) is 5.92 Å². The number of nitrogens with zero attached hydrogens (tertiary/aromatic N) is 3. The summed E-state index contributed by atoms with van der Waals surface area (Å²) in [5.41, 5.74) is 7.76. The largest absolute Gasteiger partial charge is 0.399 e. The summed E-state index contributed by atoms with van der Waals surface area (Å²) in [5.74, 6) is 0.611. The summed E-state index contributed by atoms with van der Waals surface area (Å²) in [6.45, 7) is 5.68. The first-order chi connectivity index (χ1) is 11.7. The minimum absolute atomic E-state index is 0.224. The highest BCUT2D eigenvalue weighted by Crippen LogP contribution is 2.31. The zero-order chi connectivity index (χ0) is 16.5. The summed E-state index contributed by atoms with van der Waals surface area (Å²) < 4.78 is 0. The molecule has 130 valence electrons. The number of amides is 1. The van der Waals surface area contributed by atoms with Crippen molar-refractivity contribution < 1.29 is 4.79 Å². The fourth-order valence-corrected chi connectivity index (χ4v) is 4.11. The van der Waals surface area contributed by atoms with Gasteiger partial charge >= 0.3 is 0 Å². The van der Waals surface area contributed by atoms with Crippen molar-refractivity contribution in [3.05, 3.63) is 24.3 Å². The molecule has 0 spiro atoms. The minimum atomic E-state index is 0.224. The lowest BCUT2D eigenvalue weighted by molar-refractivity contribution is -0.137. The molecule has 0 radical (unpaired) electrons. The van der Waals surface area contributed by atoms with Gasteiger partial charge in [-0.25, -0.2) is 0 Å². The van der Waals surface area contributed by atoms with E-state index in [1.165, 1.54) is 31.5 Å². The van der Waals surface area contributed by atoms with Crippen LogP contribution in [0.3, 0.4) is 0 Å². The third-order valence-corrected chi connectivity index (χ3v) is 5.71. The monoisotopic (exact) mass is 328 g/mol. The number of anilines is 2. The van der Waals surface area contributed by atoms with Crippen LogP contribution in [-0.4, -0.2) is 61.0 Å². The van der Waals surface area contributed by atoms with Crippen LogP contribution >= 0.6 is 0 Å². The molecule has 1 aromatic rings. The molecule has 1 saturated carbocycles. The van der Waals surface area contributed by atoms with Gasteiger partial charge in [0.05, 0.1) is 5.92 Å². The van der Waals surface area contributed by atoms with Gasteiger partial charge in [-0.15, -0.1) is 0 Å². The number of likely N-dealkylation sites (tertiary alicyclic amines) is 1. The molecule has 0 bridgehead atoms. The molecule has 2 saturated heterocycles. The van der Waals surface area contributed by atoms with Crippen LogP contribution in [0.25, 0.3) is 0 Å². The standard InChI is InChI=1S/C19H28N4O/c20-16-3-5-17(6-4-16)21-10-12-22(13-11-21)19(24)15-2-1-9-23(14-15)18-7-8-18/h3-6,15,18H,1-2,7-14,20H2. The summed E-state index contributed by atoms with van der Waals surface area (Å²) in [7, 11) is 0. The van der Waals surface area contributed by atoms with E-state index in [0.29, 0.717) is 5.91 Å². The van der Waals surface area contributed by atoms with Gasteiger partial charge in [-0.2, -0.15) is 0 Å². The molecular weight excluding hydrogens is 300 g/mol. The molecule has 3 aliphatic rings. The lowest BCUT2D eigenvalue weighted by Crippen LogP contribution is -2.52. The summed E-state index contributed by atoms with van der Waals surface area (Å²) in [5, 5.41) is 0. The molecule has 2 heterocycles. The average Bonchev–Trinajstić information content (AvgIpc) is 3.47. The van der Waals surface area contributed by atoms with E-state index in [2.05, 4.69) is 26.8 Å². The third kappa shape index (κ3) is 3.36. The lowest BCUT2D eigenvalue weighted by atomic mass is 9.96. The Bertz CT molecular complexity index is 576. The van der Waals surface area contributed by atoms with Crippen molar-refractivity contribution in [1.29, 1.82) is 0 Å². The quantitative estimate of drug-likeness (QED) is 0.860. The fourth-order valence-electron chi connectivity index (χ4n) is 4.11. The van der Waals surface area contributed by atoms with Gasteiger partial charge in [0.2, 0.25) is 5.91 Å². The van der Waals surface area contributed by atoms with Gasteiger partial charge in [0.15, 0.2) is 0 Å². The van der Waals surface area contributed by atoms with E-state index in [1.807, 2.05) is 12.1 Å². The molecular formula is C19H28N4O. The van der Waals surface area contributed by atoms with Gasteiger partial charge in [-0.3, -0.25) is 9.69 Å². The van der Waals surface area contributed by atoms with Crippen LogP contribution in [0.4, 0.5) is 11.4 Å². The Hall–Kier alpha value is -1.75. The number of carbonyl (C=O) groups is 1. The van der Waals surface area contributed by atoms with Crippen LogP contribution in [0.1, 0.15) is 25.7 Å². The number of hydrogen-bond donors (Lipinski definition) is 1. The molecule has 5 heteroatoms. The number of nitrogens with two attached hydrogens (primary N) is 1. The number of hydrogen-bond acceptors (Lipinski definition) is 4. The molecule has 0 aromatic heterocycles. The molecule has 4 rings (SSSR count). The second kappa shape index (κ2) is 6.63. The summed E-state index contributed by atoms with van der Waals surface area (Å²) in [4.78, 5) is 19.9. The zero-order valence-corrected chi connectivity index (χ0v) is 14.4. The summed E-state index contributed by atoms with van der Waals surface area (Å²) >= 11 is 0. The number of piperazine rings is 1. The predicted molar refractivity (Wildman–Crippen MR) is 97.0 cm³/mol. The lowest BCUT2D eigenvalue weighted by Gasteiger charge is -2.39. The molecule has 3 fully saturated rings. The number of benzene rings is 1. The third-order valence-electron chi connectivity index (χ3n) is 5.71. The first-order valence-electron chi connectivity index (χ1n) is 9.34. The van der Waals surface area contributed by atoms with E-state index in [1.54, 1.807) is 0 Å².